The van der Waals surface area contributed by atoms with Crippen LogP contribution in [-0.2, 0) is 4.74 Å². The molecule has 3 rings (SSSR count). The molecule has 1 aliphatic carbocycles. The Hall–Kier alpha value is -0.120. The van der Waals surface area contributed by atoms with E-state index in [-0.39, 0.29) is 0 Å². The normalized spacial score (nSPS) is 29.8. The van der Waals surface area contributed by atoms with E-state index in [2.05, 4.69) is 17.1 Å². The first-order valence-corrected chi connectivity index (χ1v) is 7.83. The van der Waals surface area contributed by atoms with Crippen molar-refractivity contribution in [3.8, 4) is 0 Å². The number of ether oxygens (including phenoxy) is 1. The molecule has 0 radical (unpaired) electrons. The van der Waals surface area contributed by atoms with E-state index in [0.717, 1.165) is 25.3 Å². The second-order valence-electron chi connectivity index (χ2n) is 6.70. The lowest BCUT2D eigenvalue weighted by Crippen LogP contribution is -2.38. The highest BCUT2D eigenvalue weighted by Crippen LogP contribution is 2.40. The van der Waals surface area contributed by atoms with Crippen molar-refractivity contribution >= 4 is 0 Å². The topological polar surface area (TPSA) is 24.5 Å². The summed E-state index contributed by atoms with van der Waals surface area (Å²) in [6.45, 7) is 8.23. The predicted octanol–water partition coefficient (Wildman–Crippen LogP) is 2.02. The average Bonchev–Trinajstić information content (AvgIpc) is 3.12. The molecule has 1 N–H and O–H groups in total. The Morgan fingerprint density at radius 1 is 1.28 bits per heavy atom. The van der Waals surface area contributed by atoms with Gasteiger partial charge >= 0.3 is 0 Å². The van der Waals surface area contributed by atoms with Gasteiger partial charge in [-0.3, -0.25) is 0 Å². The van der Waals surface area contributed by atoms with Crippen LogP contribution in [-0.4, -0.2) is 49.8 Å². The molecule has 0 bridgehead atoms. The lowest BCUT2D eigenvalue weighted by Gasteiger charge is -2.34. The molecule has 0 aromatic carbocycles. The number of rotatable bonds is 5. The molecule has 1 spiro atoms. The van der Waals surface area contributed by atoms with Gasteiger partial charge < -0.3 is 15.0 Å². The molecular weight excluding hydrogens is 224 g/mol. The Morgan fingerprint density at radius 2 is 2.06 bits per heavy atom. The molecule has 0 amide bonds. The van der Waals surface area contributed by atoms with Crippen molar-refractivity contribution in [2.45, 2.75) is 57.5 Å². The number of hydrogen-bond acceptors (Lipinski definition) is 3. The molecule has 1 saturated carbocycles. The van der Waals surface area contributed by atoms with Crippen LogP contribution in [0, 0.1) is 5.41 Å². The molecule has 104 valence electrons. The van der Waals surface area contributed by atoms with Gasteiger partial charge in [0.05, 0.1) is 0 Å². The maximum absolute atomic E-state index is 5.52. The summed E-state index contributed by atoms with van der Waals surface area (Å²) in [5.41, 5.74) is 0.608. The van der Waals surface area contributed by atoms with Gasteiger partial charge in [0.15, 0.2) is 0 Å². The molecule has 3 nitrogen and oxygen atoms in total. The summed E-state index contributed by atoms with van der Waals surface area (Å²) in [5.74, 6) is 0. The highest BCUT2D eigenvalue weighted by Gasteiger charge is 2.40. The second-order valence-corrected chi connectivity index (χ2v) is 6.70. The Morgan fingerprint density at radius 3 is 2.78 bits per heavy atom. The minimum atomic E-state index is 0.608. The van der Waals surface area contributed by atoms with Gasteiger partial charge in [-0.05, 0) is 64.0 Å². The molecule has 0 aromatic heterocycles. The second kappa shape index (κ2) is 5.48. The number of likely N-dealkylation sites (tertiary alicyclic amines) is 1. The van der Waals surface area contributed by atoms with Gasteiger partial charge in [-0.1, -0.05) is 0 Å². The van der Waals surface area contributed by atoms with Gasteiger partial charge in [-0.25, -0.2) is 0 Å². The molecule has 3 fully saturated rings. The zero-order valence-corrected chi connectivity index (χ0v) is 11.8. The largest absolute Gasteiger partial charge is 0.381 e. The molecule has 2 heterocycles. The number of nitrogens with zero attached hydrogens (tertiary/aromatic N) is 1. The molecule has 1 atom stereocenters. The highest BCUT2D eigenvalue weighted by atomic mass is 16.5. The van der Waals surface area contributed by atoms with Crippen LogP contribution < -0.4 is 5.32 Å². The van der Waals surface area contributed by atoms with Gasteiger partial charge in [0.25, 0.3) is 0 Å². The predicted molar refractivity (Wildman–Crippen MR) is 73.8 cm³/mol. The fraction of sp³-hybridized carbons (Fsp3) is 1.00. The standard InChI is InChI=1S/C15H28N2O/c1-13(4-8-16-14-2-3-14)17-9-5-15(12-17)6-10-18-11-7-15/h13-14,16H,2-12H2,1H3. The summed E-state index contributed by atoms with van der Waals surface area (Å²) in [6.07, 6.45) is 8.09. The van der Waals surface area contributed by atoms with E-state index in [1.807, 2.05) is 0 Å². The molecule has 18 heavy (non-hydrogen) atoms. The average molecular weight is 252 g/mol. The Bertz CT molecular complexity index is 272. The first-order valence-electron chi connectivity index (χ1n) is 7.83. The van der Waals surface area contributed by atoms with Crippen molar-refractivity contribution in [2.75, 3.05) is 32.8 Å². The van der Waals surface area contributed by atoms with Crippen molar-refractivity contribution in [2.24, 2.45) is 5.41 Å². The van der Waals surface area contributed by atoms with Crippen LogP contribution in [0.5, 0.6) is 0 Å². The van der Waals surface area contributed by atoms with Crippen LogP contribution in [0.4, 0.5) is 0 Å². The smallest absolute Gasteiger partial charge is 0.0471 e. The maximum Gasteiger partial charge on any atom is 0.0471 e. The van der Waals surface area contributed by atoms with E-state index < -0.39 is 0 Å². The van der Waals surface area contributed by atoms with Crippen LogP contribution >= 0.6 is 0 Å². The van der Waals surface area contributed by atoms with Gasteiger partial charge in [-0.15, -0.1) is 0 Å². The van der Waals surface area contributed by atoms with E-state index in [1.165, 1.54) is 58.2 Å². The Kier molecular flexibility index (Phi) is 3.92. The molecule has 3 heteroatoms. The lowest BCUT2D eigenvalue weighted by molar-refractivity contribution is 0.0173. The van der Waals surface area contributed by atoms with Gasteiger partial charge in [0.1, 0.15) is 0 Å². The van der Waals surface area contributed by atoms with Gasteiger partial charge in [-0.2, -0.15) is 0 Å². The van der Waals surface area contributed by atoms with Crippen molar-refractivity contribution in [1.82, 2.24) is 10.2 Å². The SMILES string of the molecule is CC(CCNC1CC1)N1CCC2(CCOCC2)C1. The third-order valence-corrected chi connectivity index (χ3v) is 5.22. The monoisotopic (exact) mass is 252 g/mol. The summed E-state index contributed by atoms with van der Waals surface area (Å²) in [4.78, 5) is 2.72. The first-order chi connectivity index (χ1) is 8.77. The van der Waals surface area contributed by atoms with E-state index in [9.17, 15) is 0 Å². The highest BCUT2D eigenvalue weighted by molar-refractivity contribution is 4.93. The summed E-state index contributed by atoms with van der Waals surface area (Å²) < 4.78 is 5.52. The molecular formula is C15H28N2O. The van der Waals surface area contributed by atoms with Crippen LogP contribution in [0.25, 0.3) is 0 Å². The number of nitrogens with one attached hydrogen (secondary N) is 1. The minimum absolute atomic E-state index is 0.608. The first kappa shape index (κ1) is 12.9. The molecule has 2 saturated heterocycles. The molecule has 1 unspecified atom stereocenters. The summed E-state index contributed by atoms with van der Waals surface area (Å²) in [6, 6.07) is 1.61. The summed E-state index contributed by atoms with van der Waals surface area (Å²) >= 11 is 0. The van der Waals surface area contributed by atoms with Crippen molar-refractivity contribution < 1.29 is 4.74 Å². The summed E-state index contributed by atoms with van der Waals surface area (Å²) in [7, 11) is 0. The van der Waals surface area contributed by atoms with Crippen LogP contribution in [0.1, 0.15) is 45.4 Å². The molecule has 0 aromatic rings. The van der Waals surface area contributed by atoms with E-state index >= 15 is 0 Å². The fourth-order valence-electron chi connectivity index (χ4n) is 3.52. The van der Waals surface area contributed by atoms with Gasteiger partial charge in [0.2, 0.25) is 0 Å². The fourth-order valence-corrected chi connectivity index (χ4v) is 3.52. The quantitative estimate of drug-likeness (QED) is 0.810. The third-order valence-electron chi connectivity index (χ3n) is 5.22. The van der Waals surface area contributed by atoms with Crippen molar-refractivity contribution in [1.29, 1.82) is 0 Å². The molecule has 2 aliphatic heterocycles. The zero-order chi connectivity index (χ0) is 12.4. The Balaban J connectivity index is 1.42. The third kappa shape index (κ3) is 3.06. The van der Waals surface area contributed by atoms with E-state index in [0.29, 0.717) is 5.41 Å². The minimum Gasteiger partial charge on any atom is -0.381 e. The zero-order valence-electron chi connectivity index (χ0n) is 11.8. The van der Waals surface area contributed by atoms with Crippen LogP contribution in [0.3, 0.4) is 0 Å². The maximum atomic E-state index is 5.52. The van der Waals surface area contributed by atoms with Gasteiger partial charge in [0, 0.05) is 31.8 Å². The Labute approximate surface area is 111 Å². The van der Waals surface area contributed by atoms with Crippen LogP contribution in [0.15, 0.2) is 0 Å². The van der Waals surface area contributed by atoms with E-state index in [4.69, 9.17) is 4.74 Å². The van der Waals surface area contributed by atoms with Crippen molar-refractivity contribution in [3.63, 3.8) is 0 Å². The van der Waals surface area contributed by atoms with Crippen molar-refractivity contribution in [3.05, 3.63) is 0 Å². The molecule has 3 aliphatic rings. The summed E-state index contributed by atoms with van der Waals surface area (Å²) in [5, 5.41) is 3.64. The lowest BCUT2D eigenvalue weighted by atomic mass is 9.80. The van der Waals surface area contributed by atoms with Crippen LogP contribution in [0.2, 0.25) is 0 Å². The van der Waals surface area contributed by atoms with E-state index in [1.54, 1.807) is 0 Å². The number of hydrogen-bond donors (Lipinski definition) is 1.